The molecule has 0 aliphatic rings. The van der Waals surface area contributed by atoms with E-state index in [1.165, 1.54) is 23.4 Å². The third-order valence-electron chi connectivity index (χ3n) is 3.13. The van der Waals surface area contributed by atoms with E-state index in [2.05, 4.69) is 48.4 Å². The fourth-order valence-corrected chi connectivity index (χ4v) is 1.85. The smallest absolute Gasteiger partial charge is 0.354 e. The van der Waals surface area contributed by atoms with E-state index in [1.54, 1.807) is 6.07 Å². The normalized spacial score (nSPS) is 10.6. The van der Waals surface area contributed by atoms with Gasteiger partial charge in [-0.2, -0.15) is 0 Å². The lowest BCUT2D eigenvalue weighted by Crippen LogP contribution is -2.03. The summed E-state index contributed by atoms with van der Waals surface area (Å²) < 4.78 is 0. The summed E-state index contributed by atoms with van der Waals surface area (Å²) in [7, 11) is 0. The second-order valence-electron chi connectivity index (χ2n) is 4.99. The highest BCUT2D eigenvalue weighted by Gasteiger charge is 2.03. The molecule has 1 aromatic heterocycles. The van der Waals surface area contributed by atoms with Gasteiger partial charge < -0.3 is 10.4 Å². The molecular formula is C16H18N2O2. The first-order valence-electron chi connectivity index (χ1n) is 6.58. The minimum atomic E-state index is -1.01. The Balaban J connectivity index is 1.96. The first-order valence-corrected chi connectivity index (χ1v) is 6.58. The molecule has 20 heavy (non-hydrogen) atoms. The molecule has 0 saturated carbocycles. The Morgan fingerprint density at radius 2 is 1.90 bits per heavy atom. The maximum Gasteiger partial charge on any atom is 0.354 e. The maximum atomic E-state index is 10.7. The summed E-state index contributed by atoms with van der Waals surface area (Å²) in [6.07, 6.45) is 1.53. The number of aromatic nitrogens is 1. The Bertz CT molecular complexity index is 574. The number of nitrogens with zero attached hydrogens (tertiary/aromatic N) is 1. The lowest BCUT2D eigenvalue weighted by Gasteiger charge is -2.09. The number of hydrogen-bond donors (Lipinski definition) is 2. The van der Waals surface area contributed by atoms with Crippen LogP contribution in [0.4, 0.5) is 5.69 Å². The average molecular weight is 270 g/mol. The fourth-order valence-electron chi connectivity index (χ4n) is 1.85. The van der Waals surface area contributed by atoms with Crippen molar-refractivity contribution in [1.29, 1.82) is 0 Å². The molecule has 4 heteroatoms. The molecule has 0 aliphatic heterocycles. The van der Waals surface area contributed by atoms with E-state index in [4.69, 9.17) is 5.11 Å². The topological polar surface area (TPSA) is 62.2 Å². The van der Waals surface area contributed by atoms with Crippen molar-refractivity contribution in [2.45, 2.75) is 26.3 Å². The fraction of sp³-hybridized carbons (Fsp3) is 0.250. The van der Waals surface area contributed by atoms with Crippen molar-refractivity contribution in [2.24, 2.45) is 0 Å². The molecule has 1 heterocycles. The minimum Gasteiger partial charge on any atom is -0.477 e. The molecule has 1 aromatic carbocycles. The molecule has 0 bridgehead atoms. The lowest BCUT2D eigenvalue weighted by atomic mass is 10.0. The van der Waals surface area contributed by atoms with Crippen LogP contribution >= 0.6 is 0 Å². The van der Waals surface area contributed by atoms with Crippen LogP contribution in [0.2, 0.25) is 0 Å². The van der Waals surface area contributed by atoms with Crippen LogP contribution < -0.4 is 5.32 Å². The standard InChI is InChI=1S/C16H18N2O2/c1-11(2)13-5-3-12(4-6-13)9-17-14-7-8-15(16(19)20)18-10-14/h3-8,10-11,17H,9H2,1-2H3,(H,19,20). The third kappa shape index (κ3) is 3.57. The molecule has 0 saturated heterocycles. The third-order valence-corrected chi connectivity index (χ3v) is 3.13. The van der Waals surface area contributed by atoms with E-state index < -0.39 is 5.97 Å². The predicted molar refractivity (Wildman–Crippen MR) is 79.1 cm³/mol. The zero-order chi connectivity index (χ0) is 14.5. The van der Waals surface area contributed by atoms with Crippen molar-refractivity contribution in [1.82, 2.24) is 4.98 Å². The number of pyridine rings is 1. The molecule has 2 N–H and O–H groups in total. The highest BCUT2D eigenvalue weighted by molar-refractivity contribution is 5.85. The molecule has 0 unspecified atom stereocenters. The highest BCUT2D eigenvalue weighted by atomic mass is 16.4. The van der Waals surface area contributed by atoms with E-state index in [9.17, 15) is 4.79 Å². The highest BCUT2D eigenvalue weighted by Crippen LogP contribution is 2.15. The number of rotatable bonds is 5. The molecule has 2 rings (SSSR count). The molecule has 104 valence electrons. The number of carboxylic acid groups (broad SMARTS) is 1. The van der Waals surface area contributed by atoms with Crippen LogP contribution in [0.3, 0.4) is 0 Å². The van der Waals surface area contributed by atoms with Crippen LogP contribution in [0.15, 0.2) is 42.6 Å². The molecule has 0 atom stereocenters. The van der Waals surface area contributed by atoms with E-state index in [0.29, 0.717) is 12.5 Å². The largest absolute Gasteiger partial charge is 0.477 e. The van der Waals surface area contributed by atoms with E-state index in [1.807, 2.05) is 0 Å². The van der Waals surface area contributed by atoms with Crippen LogP contribution in [-0.4, -0.2) is 16.1 Å². The van der Waals surface area contributed by atoms with Crippen molar-refractivity contribution in [2.75, 3.05) is 5.32 Å². The van der Waals surface area contributed by atoms with Gasteiger partial charge in [-0.25, -0.2) is 9.78 Å². The van der Waals surface area contributed by atoms with Crippen molar-refractivity contribution >= 4 is 11.7 Å². The van der Waals surface area contributed by atoms with Gasteiger partial charge in [0.25, 0.3) is 0 Å². The summed E-state index contributed by atoms with van der Waals surface area (Å²) in [5.74, 6) is -0.481. The Labute approximate surface area is 118 Å². The number of hydrogen-bond acceptors (Lipinski definition) is 3. The summed E-state index contributed by atoms with van der Waals surface area (Å²) >= 11 is 0. The summed E-state index contributed by atoms with van der Waals surface area (Å²) in [5, 5.41) is 12.0. The zero-order valence-corrected chi connectivity index (χ0v) is 11.6. The van der Waals surface area contributed by atoms with E-state index in [0.717, 1.165) is 5.69 Å². The molecular weight excluding hydrogens is 252 g/mol. The molecule has 0 spiro atoms. The van der Waals surface area contributed by atoms with E-state index >= 15 is 0 Å². The molecule has 2 aromatic rings. The molecule has 0 aliphatic carbocycles. The first-order chi connectivity index (χ1) is 9.56. The van der Waals surface area contributed by atoms with Gasteiger partial charge in [0.2, 0.25) is 0 Å². The monoisotopic (exact) mass is 270 g/mol. The molecule has 0 radical (unpaired) electrons. The number of benzene rings is 1. The number of nitrogens with one attached hydrogen (secondary N) is 1. The Kier molecular flexibility index (Phi) is 4.35. The van der Waals surface area contributed by atoms with Crippen LogP contribution in [0, 0.1) is 0 Å². The van der Waals surface area contributed by atoms with Gasteiger partial charge in [-0.15, -0.1) is 0 Å². The van der Waals surface area contributed by atoms with Gasteiger partial charge in [0, 0.05) is 6.54 Å². The second-order valence-corrected chi connectivity index (χ2v) is 4.99. The second kappa shape index (κ2) is 6.19. The summed E-state index contributed by atoms with van der Waals surface area (Å²) in [5.41, 5.74) is 3.36. The van der Waals surface area contributed by atoms with Crippen LogP contribution in [0.1, 0.15) is 41.4 Å². The van der Waals surface area contributed by atoms with Crippen molar-refractivity contribution < 1.29 is 9.90 Å². The molecule has 0 amide bonds. The minimum absolute atomic E-state index is 0.0526. The number of aromatic carboxylic acids is 1. The molecule has 0 fully saturated rings. The van der Waals surface area contributed by atoms with Gasteiger partial charge in [0.15, 0.2) is 0 Å². The van der Waals surface area contributed by atoms with Gasteiger partial charge in [-0.3, -0.25) is 0 Å². The van der Waals surface area contributed by atoms with Gasteiger partial charge in [-0.05, 0) is 29.2 Å². The van der Waals surface area contributed by atoms with Crippen molar-refractivity contribution in [3.63, 3.8) is 0 Å². The van der Waals surface area contributed by atoms with Crippen molar-refractivity contribution in [3.05, 3.63) is 59.4 Å². The zero-order valence-electron chi connectivity index (χ0n) is 11.6. The Morgan fingerprint density at radius 3 is 2.40 bits per heavy atom. The van der Waals surface area contributed by atoms with E-state index in [-0.39, 0.29) is 5.69 Å². The van der Waals surface area contributed by atoms with Gasteiger partial charge >= 0.3 is 5.97 Å². The van der Waals surface area contributed by atoms with Gasteiger partial charge in [-0.1, -0.05) is 38.1 Å². The van der Waals surface area contributed by atoms with Gasteiger partial charge in [0.05, 0.1) is 11.9 Å². The quantitative estimate of drug-likeness (QED) is 0.872. The van der Waals surface area contributed by atoms with Crippen LogP contribution in [-0.2, 0) is 6.54 Å². The molecule has 4 nitrogen and oxygen atoms in total. The maximum absolute atomic E-state index is 10.7. The number of carbonyl (C=O) groups is 1. The van der Waals surface area contributed by atoms with Crippen molar-refractivity contribution in [3.8, 4) is 0 Å². The Morgan fingerprint density at radius 1 is 1.20 bits per heavy atom. The average Bonchev–Trinajstić information content (AvgIpc) is 2.46. The summed E-state index contributed by atoms with van der Waals surface area (Å²) in [6, 6.07) is 11.7. The Hall–Kier alpha value is -2.36. The lowest BCUT2D eigenvalue weighted by molar-refractivity contribution is 0.0690. The summed E-state index contributed by atoms with van der Waals surface area (Å²) in [4.78, 5) is 14.6. The van der Waals surface area contributed by atoms with Gasteiger partial charge in [0.1, 0.15) is 5.69 Å². The van der Waals surface area contributed by atoms with Crippen LogP contribution in [0.5, 0.6) is 0 Å². The number of anilines is 1. The first kappa shape index (κ1) is 14.1. The number of carboxylic acids is 1. The predicted octanol–water partition coefficient (Wildman–Crippen LogP) is 3.52. The van der Waals surface area contributed by atoms with Crippen LogP contribution in [0.25, 0.3) is 0 Å². The SMILES string of the molecule is CC(C)c1ccc(CNc2ccc(C(=O)O)nc2)cc1. The summed E-state index contributed by atoms with van der Waals surface area (Å²) in [6.45, 7) is 5.03.